The number of likely N-dealkylation sites (tertiary alicyclic amines) is 1. The maximum absolute atomic E-state index is 12.1. The molecule has 2 heterocycles. The molecular formula is C15H25N3O2. The van der Waals surface area contributed by atoms with E-state index in [4.69, 9.17) is 10.2 Å². The van der Waals surface area contributed by atoms with Crippen molar-refractivity contribution in [3.05, 3.63) is 24.2 Å². The summed E-state index contributed by atoms with van der Waals surface area (Å²) >= 11 is 0. The summed E-state index contributed by atoms with van der Waals surface area (Å²) in [5, 5.41) is 2.97. The van der Waals surface area contributed by atoms with Crippen molar-refractivity contribution in [2.24, 2.45) is 5.73 Å². The van der Waals surface area contributed by atoms with Gasteiger partial charge in [-0.1, -0.05) is 6.92 Å². The second-order valence-corrected chi connectivity index (χ2v) is 5.76. The van der Waals surface area contributed by atoms with Crippen LogP contribution in [0.25, 0.3) is 0 Å². The summed E-state index contributed by atoms with van der Waals surface area (Å²) in [5.74, 6) is 0.804. The van der Waals surface area contributed by atoms with Gasteiger partial charge in [0, 0.05) is 6.54 Å². The molecular weight excluding hydrogens is 254 g/mol. The van der Waals surface area contributed by atoms with Crippen LogP contribution in [0.2, 0.25) is 0 Å². The van der Waals surface area contributed by atoms with Crippen molar-refractivity contribution < 1.29 is 9.21 Å². The summed E-state index contributed by atoms with van der Waals surface area (Å²) in [7, 11) is 0. The molecule has 112 valence electrons. The fourth-order valence-corrected chi connectivity index (χ4v) is 2.50. The van der Waals surface area contributed by atoms with Gasteiger partial charge in [0.15, 0.2) is 0 Å². The Balaban J connectivity index is 2.00. The lowest BCUT2D eigenvalue weighted by Crippen LogP contribution is -2.52. The van der Waals surface area contributed by atoms with Gasteiger partial charge in [-0.15, -0.1) is 0 Å². The molecule has 2 atom stereocenters. The van der Waals surface area contributed by atoms with Crippen molar-refractivity contribution in [3.63, 3.8) is 0 Å². The summed E-state index contributed by atoms with van der Waals surface area (Å²) in [4.78, 5) is 14.5. The number of rotatable bonds is 6. The first-order valence-corrected chi connectivity index (χ1v) is 7.39. The highest BCUT2D eigenvalue weighted by Gasteiger charge is 2.29. The number of hydrogen-bond donors (Lipinski definition) is 2. The molecule has 0 aliphatic carbocycles. The van der Waals surface area contributed by atoms with Gasteiger partial charge >= 0.3 is 0 Å². The van der Waals surface area contributed by atoms with E-state index in [2.05, 4.69) is 10.2 Å². The van der Waals surface area contributed by atoms with E-state index in [-0.39, 0.29) is 11.9 Å². The lowest BCUT2D eigenvalue weighted by Gasteiger charge is -2.28. The number of amides is 1. The van der Waals surface area contributed by atoms with Crippen LogP contribution >= 0.6 is 0 Å². The first kappa shape index (κ1) is 15.1. The third-order valence-corrected chi connectivity index (χ3v) is 4.16. The molecule has 0 radical (unpaired) electrons. The minimum atomic E-state index is -0.807. The number of carbonyl (C=O) groups excluding carboxylic acids is 1. The van der Waals surface area contributed by atoms with Gasteiger partial charge in [0.05, 0.1) is 17.8 Å². The van der Waals surface area contributed by atoms with E-state index in [9.17, 15) is 4.79 Å². The van der Waals surface area contributed by atoms with Crippen LogP contribution in [0.4, 0.5) is 0 Å². The van der Waals surface area contributed by atoms with E-state index in [0.717, 1.165) is 18.8 Å². The molecule has 1 aromatic rings. The van der Waals surface area contributed by atoms with Crippen molar-refractivity contribution in [1.29, 1.82) is 0 Å². The summed E-state index contributed by atoms with van der Waals surface area (Å²) < 4.78 is 5.53. The smallest absolute Gasteiger partial charge is 0.239 e. The molecule has 5 nitrogen and oxygen atoms in total. The van der Waals surface area contributed by atoms with Crippen LogP contribution in [0.5, 0.6) is 0 Å². The largest absolute Gasteiger partial charge is 0.468 e. The number of carbonyl (C=O) groups is 1. The Bertz CT molecular complexity index is 422. The molecule has 0 spiro atoms. The van der Waals surface area contributed by atoms with E-state index in [1.807, 2.05) is 19.1 Å². The summed E-state index contributed by atoms with van der Waals surface area (Å²) in [6.07, 6.45) is 4.71. The Labute approximate surface area is 120 Å². The van der Waals surface area contributed by atoms with Gasteiger partial charge in [0.2, 0.25) is 5.91 Å². The van der Waals surface area contributed by atoms with Crippen LogP contribution in [-0.2, 0) is 4.79 Å². The van der Waals surface area contributed by atoms with E-state index in [1.165, 1.54) is 12.8 Å². The molecule has 1 aromatic heterocycles. The van der Waals surface area contributed by atoms with E-state index < -0.39 is 5.54 Å². The van der Waals surface area contributed by atoms with Gasteiger partial charge in [-0.05, 0) is 51.4 Å². The fourth-order valence-electron chi connectivity index (χ4n) is 2.50. The van der Waals surface area contributed by atoms with Crippen molar-refractivity contribution in [2.45, 2.75) is 44.7 Å². The Morgan fingerprint density at radius 1 is 1.55 bits per heavy atom. The van der Waals surface area contributed by atoms with Gasteiger partial charge in [-0.3, -0.25) is 9.69 Å². The average Bonchev–Trinajstić information content (AvgIpc) is 3.12. The number of nitrogens with one attached hydrogen (secondary N) is 1. The van der Waals surface area contributed by atoms with Crippen LogP contribution in [-0.4, -0.2) is 36.0 Å². The maximum Gasteiger partial charge on any atom is 0.239 e. The lowest BCUT2D eigenvalue weighted by molar-refractivity contribution is -0.126. The van der Waals surface area contributed by atoms with Crippen LogP contribution < -0.4 is 11.1 Å². The highest BCUT2D eigenvalue weighted by atomic mass is 16.3. The zero-order chi connectivity index (χ0) is 14.6. The van der Waals surface area contributed by atoms with E-state index in [0.29, 0.717) is 13.0 Å². The van der Waals surface area contributed by atoms with Gasteiger partial charge in [0.1, 0.15) is 5.76 Å². The molecule has 0 bridgehead atoms. The SMILES string of the molecule is CCC(C)(N)C(=O)NCC(c1ccco1)N1CCCC1. The minimum Gasteiger partial charge on any atom is -0.468 e. The van der Waals surface area contributed by atoms with Crippen molar-refractivity contribution in [1.82, 2.24) is 10.2 Å². The molecule has 20 heavy (non-hydrogen) atoms. The van der Waals surface area contributed by atoms with Gasteiger partial charge in [0.25, 0.3) is 0 Å². The summed E-state index contributed by atoms with van der Waals surface area (Å²) in [6.45, 7) is 6.33. The Morgan fingerprint density at radius 2 is 2.25 bits per heavy atom. The minimum absolute atomic E-state index is 0.101. The van der Waals surface area contributed by atoms with Crippen molar-refractivity contribution >= 4 is 5.91 Å². The standard InChI is InChI=1S/C15H25N3O2/c1-3-15(2,16)14(19)17-11-12(13-7-6-10-20-13)18-8-4-5-9-18/h6-7,10,12H,3-5,8-9,11,16H2,1-2H3,(H,17,19). The summed E-state index contributed by atoms with van der Waals surface area (Å²) in [6, 6.07) is 3.96. The topological polar surface area (TPSA) is 71.5 Å². The van der Waals surface area contributed by atoms with Crippen LogP contribution in [0, 0.1) is 0 Å². The number of nitrogens with zero attached hydrogens (tertiary/aromatic N) is 1. The molecule has 0 saturated carbocycles. The predicted octanol–water partition coefficient (Wildman–Crippen LogP) is 1.66. The quantitative estimate of drug-likeness (QED) is 0.831. The molecule has 3 N–H and O–H groups in total. The molecule has 0 aromatic carbocycles. The van der Waals surface area contributed by atoms with Crippen molar-refractivity contribution in [2.75, 3.05) is 19.6 Å². The highest BCUT2D eigenvalue weighted by Crippen LogP contribution is 2.25. The molecule has 5 heteroatoms. The number of hydrogen-bond acceptors (Lipinski definition) is 4. The highest BCUT2D eigenvalue weighted by molar-refractivity contribution is 5.85. The Kier molecular flexibility index (Phi) is 4.83. The van der Waals surface area contributed by atoms with Gasteiger partial charge < -0.3 is 15.5 Å². The number of nitrogens with two attached hydrogens (primary N) is 1. The second-order valence-electron chi connectivity index (χ2n) is 5.76. The molecule has 1 aliphatic rings. The first-order chi connectivity index (χ1) is 9.54. The monoisotopic (exact) mass is 279 g/mol. The maximum atomic E-state index is 12.1. The zero-order valence-corrected chi connectivity index (χ0v) is 12.4. The lowest BCUT2D eigenvalue weighted by atomic mass is 9.99. The molecule has 2 unspecified atom stereocenters. The van der Waals surface area contributed by atoms with Crippen LogP contribution in [0.15, 0.2) is 22.8 Å². The molecule has 1 amide bonds. The third-order valence-electron chi connectivity index (χ3n) is 4.16. The first-order valence-electron chi connectivity index (χ1n) is 7.39. The predicted molar refractivity (Wildman–Crippen MR) is 78.1 cm³/mol. The molecule has 1 saturated heterocycles. The fraction of sp³-hybridized carbons (Fsp3) is 0.667. The van der Waals surface area contributed by atoms with E-state index >= 15 is 0 Å². The number of furan rings is 1. The zero-order valence-electron chi connectivity index (χ0n) is 12.4. The third kappa shape index (κ3) is 3.41. The Hall–Kier alpha value is -1.33. The normalized spacial score (nSPS) is 20.6. The van der Waals surface area contributed by atoms with Gasteiger partial charge in [-0.2, -0.15) is 0 Å². The average molecular weight is 279 g/mol. The van der Waals surface area contributed by atoms with Crippen molar-refractivity contribution in [3.8, 4) is 0 Å². The summed E-state index contributed by atoms with van der Waals surface area (Å²) in [5.41, 5.74) is 5.16. The molecule has 2 rings (SSSR count). The van der Waals surface area contributed by atoms with Crippen LogP contribution in [0.1, 0.15) is 44.9 Å². The van der Waals surface area contributed by atoms with E-state index in [1.54, 1.807) is 13.2 Å². The Morgan fingerprint density at radius 3 is 2.80 bits per heavy atom. The second kappa shape index (κ2) is 6.41. The molecule has 1 fully saturated rings. The van der Waals surface area contributed by atoms with Gasteiger partial charge in [-0.25, -0.2) is 0 Å². The van der Waals surface area contributed by atoms with Crippen LogP contribution in [0.3, 0.4) is 0 Å². The molecule has 1 aliphatic heterocycles.